The number of morpholine rings is 2. The second-order valence-corrected chi connectivity index (χ2v) is 15.1. The van der Waals surface area contributed by atoms with Crippen LogP contribution in [0.4, 0.5) is 0 Å². The minimum absolute atomic E-state index is 0. The van der Waals surface area contributed by atoms with Crippen LogP contribution < -0.4 is 20.0 Å². The zero-order chi connectivity index (χ0) is 40.2. The van der Waals surface area contributed by atoms with E-state index in [4.69, 9.17) is 63.3 Å². The van der Waals surface area contributed by atoms with Gasteiger partial charge in [0.2, 0.25) is 0 Å². The molecule has 306 valence electrons. The summed E-state index contributed by atoms with van der Waals surface area (Å²) in [5.74, 6) is 0.110. The van der Waals surface area contributed by atoms with E-state index in [-0.39, 0.29) is 44.2 Å². The van der Waals surface area contributed by atoms with Crippen LogP contribution in [-0.4, -0.2) is 93.6 Å². The van der Waals surface area contributed by atoms with Gasteiger partial charge < -0.3 is 60.1 Å². The molecule has 2 saturated heterocycles. The normalized spacial score (nSPS) is 15.2. The third-order valence-corrected chi connectivity index (χ3v) is 8.22. The van der Waals surface area contributed by atoms with Gasteiger partial charge in [0.25, 0.3) is 0 Å². The first-order valence-electron chi connectivity index (χ1n) is 17.1. The molecule has 0 aliphatic carbocycles. The summed E-state index contributed by atoms with van der Waals surface area (Å²) < 4.78 is 11.0. The SMILES string of the molecule is CC(C)(C)c1cc(C=NCCN=Cc2cc(C(C)(C)C)cc(C[NH+]3CCOCC3)c2[O-])c([O-])c(C[NH+]2CCOCC2)c1.ClCCl.O=[N+]([O-])[O-].O=[N+]([O-])[O-].[Ni+2]. The van der Waals surface area contributed by atoms with Crippen molar-refractivity contribution in [1.29, 1.82) is 0 Å². The molecule has 0 radical (unpaired) electrons. The average Bonchev–Trinajstić information content (AvgIpc) is 3.05. The Hall–Kier alpha value is -3.31. The maximum Gasteiger partial charge on any atom is 2.00 e. The van der Waals surface area contributed by atoms with Crippen LogP contribution in [0.15, 0.2) is 34.3 Å². The quantitative estimate of drug-likeness (QED) is 0.0928. The fourth-order valence-electron chi connectivity index (χ4n) is 5.40. The van der Waals surface area contributed by atoms with Gasteiger partial charge in [-0.05, 0) is 44.2 Å². The number of nitrogens with one attached hydrogen (secondary N) is 2. The molecule has 2 aromatic carbocycles. The minimum atomic E-state index is -1.75. The van der Waals surface area contributed by atoms with E-state index in [0.29, 0.717) is 37.3 Å². The van der Waals surface area contributed by atoms with Crippen LogP contribution in [0.1, 0.15) is 74.9 Å². The molecule has 19 heteroatoms. The van der Waals surface area contributed by atoms with Crippen LogP contribution in [0.25, 0.3) is 0 Å². The van der Waals surface area contributed by atoms with Crippen molar-refractivity contribution < 1.29 is 56.2 Å². The molecule has 2 aliphatic heterocycles. The summed E-state index contributed by atoms with van der Waals surface area (Å²) in [5, 5.41) is 56.4. The van der Waals surface area contributed by atoms with E-state index >= 15 is 0 Å². The second kappa shape index (κ2) is 25.7. The van der Waals surface area contributed by atoms with Crippen molar-refractivity contribution in [3.63, 3.8) is 0 Å². The number of rotatable bonds is 9. The summed E-state index contributed by atoms with van der Waals surface area (Å²) in [4.78, 5) is 28.4. The van der Waals surface area contributed by atoms with E-state index in [9.17, 15) is 10.2 Å². The van der Waals surface area contributed by atoms with Gasteiger partial charge >= 0.3 is 16.5 Å². The van der Waals surface area contributed by atoms with Crippen molar-refractivity contribution in [2.45, 2.75) is 65.5 Å². The Morgan fingerprint density at radius 2 is 0.944 bits per heavy atom. The van der Waals surface area contributed by atoms with Crippen molar-refractivity contribution in [3.8, 4) is 11.5 Å². The van der Waals surface area contributed by atoms with Gasteiger partial charge in [-0.15, -0.1) is 23.2 Å². The summed E-state index contributed by atoms with van der Waals surface area (Å²) in [7, 11) is 0. The van der Waals surface area contributed by atoms with Gasteiger partial charge in [0, 0.05) is 12.4 Å². The van der Waals surface area contributed by atoms with Crippen LogP contribution in [0, 0.1) is 30.6 Å². The van der Waals surface area contributed by atoms with Crippen LogP contribution in [-0.2, 0) is 49.9 Å². The topological polar surface area (TPSA) is 231 Å². The first-order valence-corrected chi connectivity index (χ1v) is 18.1. The van der Waals surface area contributed by atoms with Crippen molar-refractivity contribution >= 4 is 35.6 Å². The van der Waals surface area contributed by atoms with Crippen molar-refractivity contribution in [3.05, 3.63) is 88.3 Å². The van der Waals surface area contributed by atoms with E-state index < -0.39 is 10.2 Å². The molecule has 4 rings (SSSR count). The Morgan fingerprint density at radius 3 is 1.20 bits per heavy atom. The van der Waals surface area contributed by atoms with Crippen LogP contribution in [0.5, 0.6) is 11.5 Å². The third kappa shape index (κ3) is 20.4. The Balaban J connectivity index is 0.00000207. The molecule has 0 bridgehead atoms. The maximum atomic E-state index is 13.3. The van der Waals surface area contributed by atoms with E-state index in [1.807, 2.05) is 12.1 Å². The van der Waals surface area contributed by atoms with Gasteiger partial charge in [-0.3, -0.25) is 9.98 Å². The molecule has 0 unspecified atom stereocenters. The molecular weight excluding hydrogens is 794 g/mol. The van der Waals surface area contributed by atoms with Gasteiger partial charge in [0.05, 0.1) is 55.0 Å². The zero-order valence-corrected chi connectivity index (χ0v) is 34.1. The smallest absolute Gasteiger partial charge is 0.872 e. The second-order valence-electron chi connectivity index (χ2n) is 14.3. The fourth-order valence-corrected chi connectivity index (χ4v) is 5.40. The predicted octanol–water partition coefficient (Wildman–Crippen LogP) is 1.74. The molecule has 0 saturated carbocycles. The zero-order valence-electron chi connectivity index (χ0n) is 31.6. The van der Waals surface area contributed by atoms with Crippen molar-refractivity contribution in [1.82, 2.24) is 0 Å². The largest absolute Gasteiger partial charge is 2.00 e. The van der Waals surface area contributed by atoms with Crippen LogP contribution >= 0.6 is 23.2 Å². The first-order chi connectivity index (χ1) is 24.8. The molecule has 54 heavy (non-hydrogen) atoms. The van der Waals surface area contributed by atoms with Crippen molar-refractivity contribution in [2.75, 3.05) is 71.0 Å². The number of aliphatic imine (C=N–C) groups is 2. The molecule has 2 fully saturated rings. The number of benzene rings is 2. The van der Waals surface area contributed by atoms with Crippen LogP contribution in [0.2, 0.25) is 0 Å². The van der Waals surface area contributed by atoms with E-state index in [1.54, 1.807) is 12.4 Å². The van der Waals surface area contributed by atoms with Gasteiger partial charge in [0.15, 0.2) is 0 Å². The van der Waals surface area contributed by atoms with Gasteiger partial charge in [-0.2, -0.15) is 0 Å². The third-order valence-electron chi connectivity index (χ3n) is 8.22. The summed E-state index contributed by atoms with van der Waals surface area (Å²) in [6.07, 6.45) is 3.40. The first kappa shape index (κ1) is 50.7. The van der Waals surface area contributed by atoms with Gasteiger partial charge in [0.1, 0.15) is 39.3 Å². The Labute approximate surface area is 336 Å². The Bertz CT molecular complexity index is 1380. The molecule has 0 atom stereocenters. The summed E-state index contributed by atoms with van der Waals surface area (Å²) in [6.45, 7) is 21.9. The van der Waals surface area contributed by atoms with E-state index in [2.05, 4.69) is 63.7 Å². The molecule has 2 aromatic rings. The molecule has 2 heterocycles. The minimum Gasteiger partial charge on any atom is -0.872 e. The molecule has 2 N–H and O–H groups in total. The monoisotopic (exact) mass is 844 g/mol. The number of alkyl halides is 2. The average molecular weight is 846 g/mol. The summed E-state index contributed by atoms with van der Waals surface area (Å²) in [6, 6.07) is 8.11. The standard InChI is InChI=1S/C34H50N4O4.CH2Cl2.2NO3.Ni/c1-33(2,3)29-17-25(31(39)27(19-29)23-37-9-13-41-14-10-37)21-35-7-8-36-22-26-18-30(34(4,5)6)20-28(32(26)40)24-38-11-15-42-16-12-38;2-1-3;2*2-1(3)4;/h17-22,39-40H,7-16,23-24H2,1-6H3;1H2;;;/q;;2*-1;+2. The molecule has 16 nitrogen and oxygen atoms in total. The molecule has 0 amide bonds. The van der Waals surface area contributed by atoms with E-state index in [0.717, 1.165) is 74.9 Å². The molecule has 0 aromatic heterocycles. The molecule has 0 spiro atoms. The summed E-state index contributed by atoms with van der Waals surface area (Å²) in [5.41, 5.74) is 5.07. The van der Waals surface area contributed by atoms with E-state index in [1.165, 1.54) is 9.80 Å². The summed E-state index contributed by atoms with van der Waals surface area (Å²) >= 11 is 9.53. The van der Waals surface area contributed by atoms with Crippen LogP contribution in [0.3, 0.4) is 0 Å². The Kier molecular flexibility index (Phi) is 24.1. The number of hydrogen-bond donors (Lipinski definition) is 2. The number of hydrogen-bond acceptors (Lipinski definition) is 12. The Morgan fingerprint density at radius 1 is 0.667 bits per heavy atom. The molecular formula is C35H52Cl2N6NiO10. The fraction of sp³-hybridized carbons (Fsp3) is 0.600. The number of halogens is 2. The number of nitrogens with zero attached hydrogens (tertiary/aromatic N) is 4. The van der Waals surface area contributed by atoms with Gasteiger partial charge in [-0.1, -0.05) is 77.3 Å². The van der Waals surface area contributed by atoms with Crippen molar-refractivity contribution in [2.24, 2.45) is 9.98 Å². The van der Waals surface area contributed by atoms with Gasteiger partial charge in [-0.25, -0.2) is 0 Å². The number of ether oxygens (including phenoxy) is 2. The number of quaternary nitrogens is 2. The predicted molar refractivity (Wildman–Crippen MR) is 202 cm³/mol. The maximum absolute atomic E-state index is 13.3. The molecule has 2 aliphatic rings.